The third kappa shape index (κ3) is 5.41. The lowest BCUT2D eigenvalue weighted by atomic mass is 10.1. The van der Waals surface area contributed by atoms with Crippen LogP contribution in [-0.2, 0) is 4.79 Å². The minimum Gasteiger partial charge on any atom is -0.346 e. The summed E-state index contributed by atoms with van der Waals surface area (Å²) in [6.45, 7) is 4.13. The van der Waals surface area contributed by atoms with Gasteiger partial charge >= 0.3 is 6.18 Å². The molecule has 0 saturated heterocycles. The minimum atomic E-state index is -4.46. The number of halogens is 3. The molecule has 1 N–H and O–H groups in total. The molecule has 1 amide bonds. The van der Waals surface area contributed by atoms with Crippen LogP contribution in [0.2, 0.25) is 0 Å². The summed E-state index contributed by atoms with van der Waals surface area (Å²) in [4.78, 5) is 12.1. The Balaban J connectivity index is 1.93. The van der Waals surface area contributed by atoms with Crippen molar-refractivity contribution in [3.63, 3.8) is 0 Å². The Labute approximate surface area is 176 Å². The van der Waals surface area contributed by atoms with Crippen molar-refractivity contribution in [1.29, 1.82) is 0 Å². The number of amides is 1. The third-order valence-electron chi connectivity index (χ3n) is 4.35. The van der Waals surface area contributed by atoms with Gasteiger partial charge in [-0.05, 0) is 32.9 Å². The zero-order chi connectivity index (χ0) is 21.9. The Bertz CT molecular complexity index is 1010. The highest BCUT2D eigenvalue weighted by atomic mass is 32.2. The molecule has 0 spiro atoms. The van der Waals surface area contributed by atoms with Crippen LogP contribution in [0, 0.1) is 13.8 Å². The van der Waals surface area contributed by atoms with Gasteiger partial charge in [-0.15, -0.1) is 10.2 Å². The molecule has 0 bridgehead atoms. The first-order chi connectivity index (χ1) is 14.1. The van der Waals surface area contributed by atoms with Crippen LogP contribution >= 0.6 is 11.8 Å². The van der Waals surface area contributed by atoms with Crippen molar-refractivity contribution in [2.24, 2.45) is 0 Å². The van der Waals surface area contributed by atoms with Crippen LogP contribution < -0.4 is 5.32 Å². The molecule has 2 aromatic carbocycles. The van der Waals surface area contributed by atoms with Crippen LogP contribution in [0.5, 0.6) is 0 Å². The van der Waals surface area contributed by atoms with Crippen LogP contribution in [0.25, 0.3) is 17.1 Å². The van der Waals surface area contributed by atoms with Crippen LogP contribution in [-0.4, -0.2) is 38.6 Å². The monoisotopic (exact) mass is 434 g/mol. The molecule has 0 aliphatic heterocycles. The molecule has 1 heterocycles. The Morgan fingerprint density at radius 2 is 1.60 bits per heavy atom. The van der Waals surface area contributed by atoms with E-state index >= 15 is 0 Å². The zero-order valence-corrected chi connectivity index (χ0v) is 17.5. The largest absolute Gasteiger partial charge is 0.405 e. The van der Waals surface area contributed by atoms with Crippen molar-refractivity contribution in [3.05, 3.63) is 59.7 Å². The van der Waals surface area contributed by atoms with Crippen LogP contribution in [0.1, 0.15) is 18.1 Å². The van der Waals surface area contributed by atoms with Crippen LogP contribution in [0.15, 0.2) is 53.7 Å². The number of alkyl halides is 3. The lowest BCUT2D eigenvalue weighted by Gasteiger charge is -2.15. The molecule has 30 heavy (non-hydrogen) atoms. The van der Waals surface area contributed by atoms with Crippen molar-refractivity contribution in [2.45, 2.75) is 37.4 Å². The van der Waals surface area contributed by atoms with Gasteiger partial charge in [0.05, 0.1) is 5.25 Å². The molecule has 0 aliphatic rings. The fourth-order valence-corrected chi connectivity index (χ4v) is 3.60. The molecule has 9 heteroatoms. The fraction of sp³-hybridized carbons (Fsp3) is 0.286. The van der Waals surface area contributed by atoms with Gasteiger partial charge in [-0.2, -0.15) is 13.2 Å². The quantitative estimate of drug-likeness (QED) is 0.571. The Hall–Kier alpha value is -2.81. The van der Waals surface area contributed by atoms with Crippen molar-refractivity contribution in [1.82, 2.24) is 20.1 Å². The normalized spacial score (nSPS) is 12.6. The first-order valence-corrected chi connectivity index (χ1v) is 10.1. The number of rotatable bonds is 6. The predicted molar refractivity (Wildman–Crippen MR) is 111 cm³/mol. The summed E-state index contributed by atoms with van der Waals surface area (Å²) in [6, 6.07) is 15.5. The molecule has 3 aromatic rings. The molecule has 1 aromatic heterocycles. The maximum Gasteiger partial charge on any atom is 0.405 e. The highest BCUT2D eigenvalue weighted by molar-refractivity contribution is 8.00. The Morgan fingerprint density at radius 1 is 1.03 bits per heavy atom. The molecule has 0 aliphatic carbocycles. The zero-order valence-electron chi connectivity index (χ0n) is 16.7. The van der Waals surface area contributed by atoms with E-state index in [0.29, 0.717) is 11.0 Å². The van der Waals surface area contributed by atoms with Crippen molar-refractivity contribution in [3.8, 4) is 17.1 Å². The number of aryl methyl sites for hydroxylation is 2. The van der Waals surface area contributed by atoms with Gasteiger partial charge in [0.15, 0.2) is 11.0 Å². The second-order valence-electron chi connectivity index (χ2n) is 6.94. The molecule has 5 nitrogen and oxygen atoms in total. The molecule has 0 radical (unpaired) electrons. The number of benzene rings is 2. The lowest BCUT2D eigenvalue weighted by Crippen LogP contribution is -2.38. The van der Waals surface area contributed by atoms with E-state index in [1.54, 1.807) is 0 Å². The van der Waals surface area contributed by atoms with E-state index in [1.807, 2.05) is 72.3 Å². The summed E-state index contributed by atoms with van der Waals surface area (Å²) in [6.07, 6.45) is -4.46. The van der Waals surface area contributed by atoms with Gasteiger partial charge in [0.25, 0.3) is 0 Å². The molecule has 1 unspecified atom stereocenters. The van der Waals surface area contributed by atoms with E-state index in [2.05, 4.69) is 10.2 Å². The highest BCUT2D eigenvalue weighted by Gasteiger charge is 2.29. The van der Waals surface area contributed by atoms with E-state index in [0.717, 1.165) is 34.1 Å². The molecular weight excluding hydrogens is 413 g/mol. The van der Waals surface area contributed by atoms with E-state index < -0.39 is 23.9 Å². The predicted octanol–water partition coefficient (Wildman–Crippen LogP) is 4.71. The summed E-state index contributed by atoms with van der Waals surface area (Å²) in [7, 11) is 0. The van der Waals surface area contributed by atoms with Gasteiger partial charge in [0.2, 0.25) is 5.91 Å². The number of hydrogen-bond acceptors (Lipinski definition) is 4. The summed E-state index contributed by atoms with van der Waals surface area (Å²) in [5.41, 5.74) is 3.82. The van der Waals surface area contributed by atoms with Gasteiger partial charge in [-0.3, -0.25) is 9.36 Å². The first-order valence-electron chi connectivity index (χ1n) is 9.24. The van der Waals surface area contributed by atoms with Gasteiger partial charge in [-0.1, -0.05) is 59.3 Å². The number of carbonyl (C=O) groups is 1. The smallest absolute Gasteiger partial charge is 0.346 e. The second-order valence-corrected chi connectivity index (χ2v) is 8.24. The topological polar surface area (TPSA) is 59.8 Å². The average Bonchev–Trinajstić information content (AvgIpc) is 3.10. The summed E-state index contributed by atoms with van der Waals surface area (Å²) >= 11 is 1.06. The SMILES string of the molecule is Cc1ccc(-c2nnc(SC(C)C(=O)NCC(F)(F)F)n2-c2ccc(C)cc2)cc1. The maximum atomic E-state index is 12.4. The summed E-state index contributed by atoms with van der Waals surface area (Å²) in [5, 5.41) is 10.1. The summed E-state index contributed by atoms with van der Waals surface area (Å²) in [5.74, 6) is -0.128. The average molecular weight is 434 g/mol. The van der Waals surface area contributed by atoms with E-state index in [4.69, 9.17) is 0 Å². The lowest BCUT2D eigenvalue weighted by molar-refractivity contribution is -0.137. The standard InChI is InChI=1S/C21H21F3N4OS/c1-13-4-8-16(9-5-13)18-26-27-20(28(18)17-10-6-14(2)7-11-17)30-15(3)19(29)25-12-21(22,23)24/h4-11,15H,12H2,1-3H3,(H,25,29). The van der Waals surface area contributed by atoms with Gasteiger partial charge in [0.1, 0.15) is 6.54 Å². The molecule has 0 saturated carbocycles. The van der Waals surface area contributed by atoms with E-state index in [1.165, 1.54) is 6.92 Å². The molecule has 3 rings (SSSR count). The first kappa shape index (κ1) is 21.9. The number of nitrogens with one attached hydrogen (secondary N) is 1. The molecule has 1 atom stereocenters. The maximum absolute atomic E-state index is 12.4. The molecule has 158 valence electrons. The van der Waals surface area contributed by atoms with E-state index in [-0.39, 0.29) is 0 Å². The summed E-state index contributed by atoms with van der Waals surface area (Å²) < 4.78 is 39.0. The fourth-order valence-electron chi connectivity index (χ4n) is 2.71. The number of aromatic nitrogens is 3. The van der Waals surface area contributed by atoms with Crippen molar-refractivity contribution >= 4 is 17.7 Å². The van der Waals surface area contributed by atoms with Gasteiger partial charge < -0.3 is 5.32 Å². The number of carbonyl (C=O) groups excluding carboxylic acids is 1. The molecule has 0 fully saturated rings. The second kappa shape index (κ2) is 8.91. The Kier molecular flexibility index (Phi) is 6.50. The number of hydrogen-bond donors (Lipinski definition) is 1. The Morgan fingerprint density at radius 3 is 2.17 bits per heavy atom. The van der Waals surface area contributed by atoms with E-state index in [9.17, 15) is 18.0 Å². The third-order valence-corrected chi connectivity index (χ3v) is 5.39. The molecular formula is C21H21F3N4OS. The van der Waals surface area contributed by atoms with Gasteiger partial charge in [-0.25, -0.2) is 0 Å². The van der Waals surface area contributed by atoms with Crippen molar-refractivity contribution in [2.75, 3.05) is 6.54 Å². The minimum absolute atomic E-state index is 0.420. The van der Waals surface area contributed by atoms with Crippen LogP contribution in [0.4, 0.5) is 13.2 Å². The number of nitrogens with zero attached hydrogens (tertiary/aromatic N) is 3. The van der Waals surface area contributed by atoms with Crippen molar-refractivity contribution < 1.29 is 18.0 Å². The highest BCUT2D eigenvalue weighted by Crippen LogP contribution is 2.30. The number of thioether (sulfide) groups is 1. The van der Waals surface area contributed by atoms with Gasteiger partial charge in [0, 0.05) is 11.3 Å². The van der Waals surface area contributed by atoms with Crippen LogP contribution in [0.3, 0.4) is 0 Å².